The third-order valence-corrected chi connectivity index (χ3v) is 5.86. The molecule has 1 aliphatic heterocycles. The zero-order valence-corrected chi connectivity index (χ0v) is 18.0. The van der Waals surface area contributed by atoms with Crippen LogP contribution in [-0.2, 0) is 5.41 Å². The van der Waals surface area contributed by atoms with Crippen LogP contribution >= 0.6 is 11.6 Å². The first-order valence-electron chi connectivity index (χ1n) is 9.87. The lowest BCUT2D eigenvalue weighted by molar-refractivity contribution is 0.103. The third kappa shape index (κ3) is 3.57. The molecule has 1 heterocycles. The molecule has 0 saturated carbocycles. The van der Waals surface area contributed by atoms with Crippen molar-refractivity contribution < 1.29 is 4.79 Å². The van der Waals surface area contributed by atoms with Crippen molar-refractivity contribution in [3.05, 3.63) is 106 Å². The van der Waals surface area contributed by atoms with Crippen LogP contribution in [0, 0.1) is 0 Å². The van der Waals surface area contributed by atoms with Crippen molar-refractivity contribution >= 4 is 35.0 Å². The van der Waals surface area contributed by atoms with E-state index in [1.165, 1.54) is 11.3 Å². The Bertz CT molecular complexity index is 1160. The second-order valence-electron chi connectivity index (χ2n) is 7.89. The summed E-state index contributed by atoms with van der Waals surface area (Å²) in [4.78, 5) is 19.8. The third-order valence-electron chi connectivity index (χ3n) is 5.63. The van der Waals surface area contributed by atoms with E-state index < -0.39 is 0 Å². The van der Waals surface area contributed by atoms with E-state index in [1.807, 2.05) is 24.3 Å². The van der Waals surface area contributed by atoms with Gasteiger partial charge in [-0.3, -0.25) is 9.79 Å². The zero-order chi connectivity index (χ0) is 21.3. The zero-order valence-electron chi connectivity index (χ0n) is 17.3. The molecule has 4 rings (SSSR count). The summed E-state index contributed by atoms with van der Waals surface area (Å²) in [5, 5.41) is 0.513. The molecule has 30 heavy (non-hydrogen) atoms. The van der Waals surface area contributed by atoms with E-state index in [0.29, 0.717) is 21.8 Å². The lowest BCUT2D eigenvalue weighted by Crippen LogP contribution is -2.23. The van der Waals surface area contributed by atoms with Crippen molar-refractivity contribution in [2.24, 2.45) is 4.99 Å². The molecule has 0 bridgehead atoms. The predicted octanol–water partition coefficient (Wildman–Crippen LogP) is 6.58. The Kier molecular flexibility index (Phi) is 5.31. The molecule has 0 aromatic heterocycles. The highest BCUT2D eigenvalue weighted by atomic mass is 35.5. The molecular weight excluding hydrogens is 392 g/mol. The van der Waals surface area contributed by atoms with Gasteiger partial charge in [0.25, 0.3) is 0 Å². The van der Waals surface area contributed by atoms with Gasteiger partial charge in [-0.15, -0.1) is 0 Å². The molecule has 0 aliphatic carbocycles. The van der Waals surface area contributed by atoms with Crippen molar-refractivity contribution in [2.45, 2.75) is 19.3 Å². The Balaban J connectivity index is 1.68. The minimum absolute atomic E-state index is 0.0939. The maximum Gasteiger partial charge on any atom is 0.195 e. The van der Waals surface area contributed by atoms with E-state index >= 15 is 0 Å². The normalized spacial score (nSPS) is 16.3. The lowest BCUT2D eigenvalue weighted by Gasteiger charge is -2.23. The first-order chi connectivity index (χ1) is 14.4. The number of hydrogen-bond donors (Lipinski definition) is 0. The van der Waals surface area contributed by atoms with Crippen LogP contribution in [-0.4, -0.2) is 19.0 Å². The van der Waals surface area contributed by atoms with Crippen LogP contribution < -0.4 is 4.90 Å². The topological polar surface area (TPSA) is 32.7 Å². The van der Waals surface area contributed by atoms with Gasteiger partial charge in [0, 0.05) is 46.2 Å². The molecule has 0 radical (unpaired) electrons. The highest BCUT2D eigenvalue weighted by molar-refractivity contribution is 6.31. The fourth-order valence-electron chi connectivity index (χ4n) is 4.04. The number of halogens is 1. The van der Waals surface area contributed by atoms with Crippen LogP contribution in [0.25, 0.3) is 0 Å². The molecular formula is C26H23ClN2O. The Morgan fingerprint density at radius 2 is 1.70 bits per heavy atom. The number of carbonyl (C=O) groups is 1. The molecule has 3 aromatic carbocycles. The number of allylic oxidation sites excluding steroid dienone is 2. The number of carbonyl (C=O) groups excluding carboxylic acids is 1. The monoisotopic (exact) mass is 414 g/mol. The van der Waals surface area contributed by atoms with Gasteiger partial charge in [0.1, 0.15) is 0 Å². The summed E-state index contributed by atoms with van der Waals surface area (Å²) in [6.07, 6.45) is 3.79. The molecule has 0 saturated heterocycles. The summed E-state index contributed by atoms with van der Waals surface area (Å²) in [6.45, 7) is 4.42. The number of fused-ring (bicyclic) bond motifs is 1. The van der Waals surface area contributed by atoms with E-state index in [4.69, 9.17) is 11.6 Å². The van der Waals surface area contributed by atoms with Gasteiger partial charge in [0.15, 0.2) is 5.78 Å². The van der Waals surface area contributed by atoms with Gasteiger partial charge < -0.3 is 4.90 Å². The van der Waals surface area contributed by atoms with Crippen molar-refractivity contribution in [3.63, 3.8) is 0 Å². The van der Waals surface area contributed by atoms with E-state index in [1.54, 1.807) is 36.5 Å². The number of para-hydroxylation sites is 1. The second kappa shape index (κ2) is 7.92. The van der Waals surface area contributed by atoms with E-state index in [2.05, 4.69) is 55.1 Å². The van der Waals surface area contributed by atoms with Crippen LogP contribution in [0.4, 0.5) is 11.4 Å². The van der Waals surface area contributed by atoms with Crippen LogP contribution in [0.3, 0.4) is 0 Å². The Labute approximate surface area is 182 Å². The Morgan fingerprint density at radius 3 is 2.43 bits per heavy atom. The molecule has 0 unspecified atom stereocenters. The van der Waals surface area contributed by atoms with E-state index in [9.17, 15) is 4.79 Å². The maximum atomic E-state index is 13.0. The van der Waals surface area contributed by atoms with Crippen molar-refractivity contribution in [1.29, 1.82) is 0 Å². The summed E-state index contributed by atoms with van der Waals surface area (Å²) in [5.74, 6) is -0.0939. The lowest BCUT2D eigenvalue weighted by atomic mass is 9.84. The SMILES string of the molecule is CN1/C(=C/C=Nc2ccc(Cl)cc2C(=O)c2ccccc2)C(C)(C)c2ccccc21. The molecule has 150 valence electrons. The highest BCUT2D eigenvalue weighted by Gasteiger charge is 2.37. The smallest absolute Gasteiger partial charge is 0.195 e. The average molecular weight is 415 g/mol. The number of rotatable bonds is 4. The number of aliphatic imine (C=N–C) groups is 1. The molecule has 0 fully saturated rings. The van der Waals surface area contributed by atoms with Crippen LogP contribution in [0.5, 0.6) is 0 Å². The molecule has 4 heteroatoms. The van der Waals surface area contributed by atoms with E-state index in [0.717, 1.165) is 5.70 Å². The summed E-state index contributed by atoms with van der Waals surface area (Å²) in [6, 6.07) is 22.8. The summed E-state index contributed by atoms with van der Waals surface area (Å²) < 4.78 is 0. The van der Waals surface area contributed by atoms with Crippen LogP contribution in [0.1, 0.15) is 35.3 Å². The van der Waals surface area contributed by atoms with Crippen LogP contribution in [0.15, 0.2) is 89.6 Å². The Morgan fingerprint density at radius 1 is 1.00 bits per heavy atom. The summed E-state index contributed by atoms with van der Waals surface area (Å²) >= 11 is 6.17. The molecule has 1 aliphatic rings. The standard InChI is InChI=1S/C26H23ClN2O/c1-26(2)21-11-7-8-12-23(21)29(3)24(26)15-16-28-22-14-13-19(27)17-20(22)25(30)18-9-5-4-6-10-18/h4-17H,1-3H3/b24-15+,28-16?. The molecule has 0 atom stereocenters. The van der Waals surface area contributed by atoms with Crippen LogP contribution in [0.2, 0.25) is 5.02 Å². The van der Waals surface area contributed by atoms with Crippen molar-refractivity contribution in [3.8, 4) is 0 Å². The van der Waals surface area contributed by atoms with Gasteiger partial charge in [0.2, 0.25) is 0 Å². The summed E-state index contributed by atoms with van der Waals surface area (Å²) in [7, 11) is 2.07. The molecule has 0 N–H and O–H groups in total. The van der Waals surface area contributed by atoms with Gasteiger partial charge in [-0.05, 0) is 35.9 Å². The fourth-order valence-corrected chi connectivity index (χ4v) is 4.21. The maximum absolute atomic E-state index is 13.0. The quantitative estimate of drug-likeness (QED) is 0.356. The number of hydrogen-bond acceptors (Lipinski definition) is 3. The van der Waals surface area contributed by atoms with Gasteiger partial charge in [-0.25, -0.2) is 0 Å². The van der Waals surface area contributed by atoms with Gasteiger partial charge >= 0.3 is 0 Å². The minimum atomic E-state index is -0.125. The van der Waals surface area contributed by atoms with Gasteiger partial charge in [0.05, 0.1) is 5.69 Å². The van der Waals surface area contributed by atoms with Gasteiger partial charge in [-0.1, -0.05) is 74.0 Å². The average Bonchev–Trinajstić information content (AvgIpc) is 2.95. The minimum Gasteiger partial charge on any atom is -0.347 e. The largest absolute Gasteiger partial charge is 0.347 e. The first kappa shape index (κ1) is 20.1. The van der Waals surface area contributed by atoms with Crippen molar-refractivity contribution in [1.82, 2.24) is 0 Å². The molecule has 0 spiro atoms. The fraction of sp³-hybridized carbons (Fsp3) is 0.154. The molecule has 0 amide bonds. The first-order valence-corrected chi connectivity index (χ1v) is 10.2. The predicted molar refractivity (Wildman–Crippen MR) is 125 cm³/mol. The number of nitrogens with zero attached hydrogens (tertiary/aromatic N) is 2. The molecule has 3 nitrogen and oxygen atoms in total. The summed E-state index contributed by atoms with van der Waals surface area (Å²) in [5.41, 5.74) is 5.22. The highest BCUT2D eigenvalue weighted by Crippen LogP contribution is 2.46. The molecule has 3 aromatic rings. The van der Waals surface area contributed by atoms with E-state index in [-0.39, 0.29) is 11.2 Å². The number of likely N-dealkylation sites (N-methyl/N-ethyl adjacent to an activating group) is 1. The number of ketones is 1. The Hall–Kier alpha value is -3.17. The van der Waals surface area contributed by atoms with Gasteiger partial charge in [-0.2, -0.15) is 0 Å². The number of benzene rings is 3. The second-order valence-corrected chi connectivity index (χ2v) is 8.32. The number of anilines is 1. The van der Waals surface area contributed by atoms with Crippen molar-refractivity contribution in [2.75, 3.05) is 11.9 Å².